The number of halogens is 4. The smallest absolute Gasteiger partial charge is 0.417 e. The van der Waals surface area contributed by atoms with Gasteiger partial charge in [0.1, 0.15) is 17.4 Å². The van der Waals surface area contributed by atoms with Crippen LogP contribution in [0.15, 0.2) is 45.5 Å². The molecule has 1 unspecified atom stereocenters. The minimum atomic E-state index is -4.40. The van der Waals surface area contributed by atoms with Gasteiger partial charge in [0.15, 0.2) is 0 Å². The fraction of sp³-hybridized carbons (Fsp3) is 0.286. The maximum absolute atomic E-state index is 13.1. The Balaban J connectivity index is 1.58. The van der Waals surface area contributed by atoms with Crippen molar-refractivity contribution in [1.82, 2.24) is 0 Å². The zero-order valence-corrected chi connectivity index (χ0v) is 16.9. The summed E-state index contributed by atoms with van der Waals surface area (Å²) >= 11 is 3.11. The van der Waals surface area contributed by atoms with Gasteiger partial charge < -0.3 is 13.9 Å². The molecule has 0 bridgehead atoms. The van der Waals surface area contributed by atoms with Crippen LogP contribution in [0.5, 0.6) is 5.75 Å². The van der Waals surface area contributed by atoms with Crippen LogP contribution in [0.1, 0.15) is 34.8 Å². The molecule has 0 N–H and O–H groups in total. The van der Waals surface area contributed by atoms with Crippen LogP contribution in [-0.4, -0.2) is 13.1 Å². The number of carbonyl (C=O) groups is 1. The summed E-state index contributed by atoms with van der Waals surface area (Å²) in [5, 5.41) is 0.784. The van der Waals surface area contributed by atoms with E-state index in [2.05, 4.69) is 20.7 Å². The lowest BCUT2D eigenvalue weighted by atomic mass is 10.1. The van der Waals surface area contributed by atoms with Gasteiger partial charge in [-0.15, -0.1) is 0 Å². The molecule has 1 aromatic heterocycles. The lowest BCUT2D eigenvalue weighted by Crippen LogP contribution is -2.09. The van der Waals surface area contributed by atoms with Crippen molar-refractivity contribution in [3.8, 4) is 5.75 Å². The Hall–Kier alpha value is -2.48. The Morgan fingerprint density at radius 1 is 1.28 bits per heavy atom. The van der Waals surface area contributed by atoms with Crippen molar-refractivity contribution in [2.75, 3.05) is 7.11 Å². The summed E-state index contributed by atoms with van der Waals surface area (Å²) in [6, 6.07) is 7.84. The second-order valence-electron chi connectivity index (χ2n) is 6.81. The van der Waals surface area contributed by atoms with Crippen molar-refractivity contribution >= 4 is 32.9 Å². The highest BCUT2D eigenvalue weighted by Crippen LogP contribution is 2.44. The fourth-order valence-electron chi connectivity index (χ4n) is 3.63. The molecule has 0 spiro atoms. The summed E-state index contributed by atoms with van der Waals surface area (Å²) in [4.78, 5) is 11.5. The van der Waals surface area contributed by atoms with Crippen LogP contribution < -0.4 is 4.74 Å². The van der Waals surface area contributed by atoms with Gasteiger partial charge in [0.25, 0.3) is 0 Å². The van der Waals surface area contributed by atoms with Crippen molar-refractivity contribution in [3.05, 3.63) is 63.3 Å². The molecule has 0 amide bonds. The number of furan rings is 1. The molecular weight excluding hydrogens is 453 g/mol. The molecule has 3 aromatic rings. The Morgan fingerprint density at radius 3 is 2.79 bits per heavy atom. The van der Waals surface area contributed by atoms with E-state index in [4.69, 9.17) is 9.15 Å². The first kappa shape index (κ1) is 19.8. The molecule has 1 heterocycles. The third kappa shape index (κ3) is 3.73. The van der Waals surface area contributed by atoms with E-state index in [-0.39, 0.29) is 23.0 Å². The average molecular weight is 469 g/mol. The van der Waals surface area contributed by atoms with Gasteiger partial charge >= 0.3 is 12.1 Å². The lowest BCUT2D eigenvalue weighted by molar-refractivity contribution is -0.140. The van der Waals surface area contributed by atoms with Gasteiger partial charge in [-0.25, -0.2) is 0 Å². The molecule has 0 saturated heterocycles. The van der Waals surface area contributed by atoms with Gasteiger partial charge in [-0.05, 0) is 58.1 Å². The second-order valence-corrected chi connectivity index (χ2v) is 7.60. The second kappa shape index (κ2) is 7.40. The highest BCUT2D eigenvalue weighted by Gasteiger charge is 2.37. The zero-order chi connectivity index (χ0) is 20.8. The number of esters is 1. The monoisotopic (exact) mass is 468 g/mol. The van der Waals surface area contributed by atoms with Crippen LogP contribution in [0.25, 0.3) is 11.0 Å². The number of fused-ring (bicyclic) bond motifs is 2. The third-order valence-corrected chi connectivity index (χ3v) is 5.96. The number of alkyl halides is 3. The van der Waals surface area contributed by atoms with Gasteiger partial charge in [0.05, 0.1) is 25.4 Å². The Morgan fingerprint density at radius 2 is 2.07 bits per heavy atom. The van der Waals surface area contributed by atoms with Gasteiger partial charge in [0, 0.05) is 21.5 Å². The summed E-state index contributed by atoms with van der Waals surface area (Å²) in [5.41, 5.74) is 1.98. The normalized spacial score (nSPS) is 16.1. The van der Waals surface area contributed by atoms with E-state index >= 15 is 0 Å². The van der Waals surface area contributed by atoms with Crippen LogP contribution in [0.3, 0.4) is 0 Å². The molecular formula is C21H16BrF3O4. The molecule has 4 nitrogen and oxygen atoms in total. The molecule has 1 aliphatic rings. The maximum Gasteiger partial charge on any atom is 0.417 e. The lowest BCUT2D eigenvalue weighted by Gasteiger charge is -2.17. The van der Waals surface area contributed by atoms with Crippen molar-refractivity contribution in [3.63, 3.8) is 0 Å². The predicted molar refractivity (Wildman–Crippen MR) is 103 cm³/mol. The number of rotatable bonds is 4. The van der Waals surface area contributed by atoms with Crippen molar-refractivity contribution in [2.24, 2.45) is 0 Å². The highest BCUT2D eigenvalue weighted by molar-refractivity contribution is 9.10. The molecule has 8 heteroatoms. The predicted octanol–water partition coefficient (Wildman–Crippen LogP) is 6.00. The van der Waals surface area contributed by atoms with Gasteiger partial charge in [-0.2, -0.15) is 13.2 Å². The number of carbonyl (C=O) groups excluding carboxylic acids is 1. The van der Waals surface area contributed by atoms with Crippen molar-refractivity contribution < 1.29 is 31.9 Å². The van der Waals surface area contributed by atoms with Crippen LogP contribution >= 0.6 is 15.9 Å². The van der Waals surface area contributed by atoms with Crippen molar-refractivity contribution in [1.29, 1.82) is 0 Å². The molecule has 29 heavy (non-hydrogen) atoms. The summed E-state index contributed by atoms with van der Waals surface area (Å²) in [7, 11) is 1.33. The first-order valence-electron chi connectivity index (χ1n) is 8.90. The van der Waals surface area contributed by atoms with Crippen molar-refractivity contribution in [2.45, 2.75) is 31.5 Å². The average Bonchev–Trinajstić information content (AvgIpc) is 3.26. The number of hydrogen-bond acceptors (Lipinski definition) is 4. The zero-order valence-electron chi connectivity index (χ0n) is 15.3. The van der Waals surface area contributed by atoms with Crippen LogP contribution in [-0.2, 0) is 28.5 Å². The van der Waals surface area contributed by atoms with E-state index in [1.54, 1.807) is 18.2 Å². The summed E-state index contributed by atoms with van der Waals surface area (Å²) in [6.45, 7) is 0. The number of methoxy groups -OCH3 is 1. The standard InChI is InChI=1S/C21H16BrF3O4/c1-27-19(26)8-11-10-28-18-9-12(2-3-13(11)18)29-17-7-5-15-14(17)4-6-16(20(15)22)21(23,24)25/h2-4,6,9-10,17H,5,7-8H2,1H3. The molecule has 0 aliphatic heterocycles. The molecule has 0 fully saturated rings. The van der Waals surface area contributed by atoms with Gasteiger partial charge in [0.2, 0.25) is 0 Å². The number of benzene rings is 2. The van der Waals surface area contributed by atoms with Crippen LogP contribution in [0.4, 0.5) is 13.2 Å². The van der Waals surface area contributed by atoms with Gasteiger partial charge in [-0.1, -0.05) is 6.07 Å². The first-order valence-corrected chi connectivity index (χ1v) is 9.69. The minimum absolute atomic E-state index is 0.0857. The van der Waals surface area contributed by atoms with E-state index in [1.165, 1.54) is 19.4 Å². The maximum atomic E-state index is 13.1. The Labute approximate surface area is 172 Å². The molecule has 0 radical (unpaired) electrons. The molecule has 152 valence electrons. The van der Waals surface area contributed by atoms with E-state index < -0.39 is 11.7 Å². The molecule has 1 aliphatic carbocycles. The van der Waals surface area contributed by atoms with E-state index in [9.17, 15) is 18.0 Å². The molecule has 0 saturated carbocycles. The molecule has 4 rings (SSSR count). The largest absolute Gasteiger partial charge is 0.486 e. The molecule has 1 atom stereocenters. The Bertz CT molecular complexity index is 1090. The SMILES string of the molecule is COC(=O)Cc1coc2cc(OC3CCc4c3ccc(C(F)(F)F)c4Br)ccc12. The summed E-state index contributed by atoms with van der Waals surface area (Å²) in [5.74, 6) is 0.185. The van der Waals surface area contributed by atoms with Crippen LogP contribution in [0.2, 0.25) is 0 Å². The first-order chi connectivity index (χ1) is 13.8. The van der Waals surface area contributed by atoms with E-state index in [0.29, 0.717) is 35.3 Å². The summed E-state index contributed by atoms with van der Waals surface area (Å²) in [6.07, 6.45) is -2.05. The molecule has 2 aromatic carbocycles. The van der Waals surface area contributed by atoms with E-state index in [0.717, 1.165) is 17.0 Å². The Kier molecular flexibility index (Phi) is 5.06. The fourth-order valence-corrected chi connectivity index (χ4v) is 4.41. The highest BCUT2D eigenvalue weighted by atomic mass is 79.9. The number of hydrogen-bond donors (Lipinski definition) is 0. The quantitative estimate of drug-likeness (QED) is 0.440. The topological polar surface area (TPSA) is 48.7 Å². The van der Waals surface area contributed by atoms with Crippen LogP contribution in [0, 0.1) is 0 Å². The minimum Gasteiger partial charge on any atom is -0.486 e. The third-order valence-electron chi connectivity index (χ3n) is 5.06. The van der Waals surface area contributed by atoms with E-state index in [1.807, 2.05) is 0 Å². The van der Waals surface area contributed by atoms with Gasteiger partial charge in [-0.3, -0.25) is 4.79 Å². The summed E-state index contributed by atoms with van der Waals surface area (Å²) < 4.78 is 55.7. The number of ether oxygens (including phenoxy) is 2.